The molecule has 0 saturated heterocycles. The van der Waals surface area contributed by atoms with Crippen LogP contribution in [0.2, 0.25) is 0 Å². The summed E-state index contributed by atoms with van der Waals surface area (Å²) in [6.45, 7) is 0. The van der Waals surface area contributed by atoms with Crippen LogP contribution in [0, 0.1) is 0 Å². The van der Waals surface area contributed by atoms with E-state index >= 15 is 0 Å². The molecule has 2 rings (SSSR count). The van der Waals surface area contributed by atoms with Crippen molar-refractivity contribution in [2.45, 2.75) is 11.3 Å². The summed E-state index contributed by atoms with van der Waals surface area (Å²) in [4.78, 5) is 15.0. The number of benzene rings is 2. The first kappa shape index (κ1) is 18.5. The number of anilines is 1. The van der Waals surface area contributed by atoms with E-state index in [1.54, 1.807) is 18.0 Å². The minimum absolute atomic E-state index is 0.0846. The Hall–Kier alpha value is -1.79. The van der Waals surface area contributed by atoms with Gasteiger partial charge < -0.3 is 4.90 Å². The number of thioether (sulfide) groups is 1. The summed E-state index contributed by atoms with van der Waals surface area (Å²) in [7, 11) is 3.98. The molecule has 0 heterocycles. The minimum atomic E-state index is -0.0846. The van der Waals surface area contributed by atoms with E-state index < -0.39 is 0 Å². The molecule has 0 aliphatic carbocycles. The van der Waals surface area contributed by atoms with Crippen molar-refractivity contribution in [3.63, 3.8) is 0 Å². The molecule has 0 radical (unpaired) electrons. The molecule has 24 heavy (non-hydrogen) atoms. The van der Waals surface area contributed by atoms with Crippen molar-refractivity contribution >= 4 is 45.5 Å². The molecule has 0 saturated carbocycles. The molecular weight excluding hydrogens is 386 g/mol. The van der Waals surface area contributed by atoms with Crippen LogP contribution in [0.1, 0.15) is 12.0 Å². The fraction of sp³-hybridized carbons (Fsp3) is 0.222. The second-order valence-electron chi connectivity index (χ2n) is 5.31. The van der Waals surface area contributed by atoms with E-state index in [0.717, 1.165) is 21.5 Å². The van der Waals surface area contributed by atoms with Crippen LogP contribution in [0.25, 0.3) is 0 Å². The van der Waals surface area contributed by atoms with Crippen LogP contribution in [0.4, 0.5) is 5.69 Å². The second-order valence-corrected chi connectivity index (χ2v) is 7.33. The van der Waals surface area contributed by atoms with Crippen molar-refractivity contribution in [3.05, 3.63) is 58.6 Å². The van der Waals surface area contributed by atoms with Crippen molar-refractivity contribution in [1.29, 1.82) is 0 Å². The first-order valence-electron chi connectivity index (χ1n) is 7.53. The largest absolute Gasteiger partial charge is 0.377 e. The summed E-state index contributed by atoms with van der Waals surface area (Å²) >= 11 is 5.19. The van der Waals surface area contributed by atoms with Gasteiger partial charge in [-0.15, -0.1) is 11.8 Å². The molecule has 1 amide bonds. The van der Waals surface area contributed by atoms with Gasteiger partial charge in [0, 0.05) is 35.6 Å². The first-order chi connectivity index (χ1) is 11.6. The third kappa shape index (κ3) is 6.02. The number of carbonyl (C=O) groups is 1. The number of nitrogens with one attached hydrogen (secondary N) is 1. The van der Waals surface area contributed by atoms with Crippen LogP contribution in [-0.2, 0) is 4.79 Å². The van der Waals surface area contributed by atoms with Gasteiger partial charge in [-0.25, -0.2) is 5.43 Å². The van der Waals surface area contributed by atoms with Gasteiger partial charge in [0.25, 0.3) is 0 Å². The fourth-order valence-electron chi connectivity index (χ4n) is 1.98. The average molecular weight is 406 g/mol. The normalized spacial score (nSPS) is 10.8. The van der Waals surface area contributed by atoms with Gasteiger partial charge in [0.05, 0.1) is 11.9 Å². The van der Waals surface area contributed by atoms with E-state index in [-0.39, 0.29) is 5.91 Å². The second kappa shape index (κ2) is 9.49. The molecule has 0 unspecified atom stereocenters. The first-order valence-corrected chi connectivity index (χ1v) is 9.31. The lowest BCUT2D eigenvalue weighted by molar-refractivity contribution is -0.120. The Balaban J connectivity index is 1.77. The zero-order chi connectivity index (χ0) is 17.4. The zero-order valence-electron chi connectivity index (χ0n) is 13.7. The molecule has 6 heteroatoms. The maximum Gasteiger partial charge on any atom is 0.240 e. The van der Waals surface area contributed by atoms with E-state index in [2.05, 4.69) is 26.5 Å². The van der Waals surface area contributed by atoms with Gasteiger partial charge in [-0.1, -0.05) is 24.3 Å². The van der Waals surface area contributed by atoms with E-state index in [1.165, 1.54) is 4.90 Å². The van der Waals surface area contributed by atoms with Gasteiger partial charge in [-0.2, -0.15) is 5.10 Å². The maximum atomic E-state index is 11.8. The van der Waals surface area contributed by atoms with Crippen LogP contribution in [0.15, 0.2) is 63.0 Å². The molecule has 0 bridgehead atoms. The highest BCUT2D eigenvalue weighted by Crippen LogP contribution is 2.25. The molecule has 2 aromatic carbocycles. The van der Waals surface area contributed by atoms with Crippen molar-refractivity contribution in [1.82, 2.24) is 5.43 Å². The van der Waals surface area contributed by atoms with E-state index in [9.17, 15) is 4.79 Å². The van der Waals surface area contributed by atoms with Crippen molar-refractivity contribution < 1.29 is 4.79 Å². The maximum absolute atomic E-state index is 11.8. The fourth-order valence-corrected chi connectivity index (χ4v) is 3.60. The van der Waals surface area contributed by atoms with Crippen LogP contribution in [0.3, 0.4) is 0 Å². The molecule has 0 atom stereocenters. The summed E-state index contributed by atoms with van der Waals surface area (Å²) in [6, 6.07) is 16.0. The third-order valence-corrected chi connectivity index (χ3v) is 4.85. The molecule has 0 spiro atoms. The van der Waals surface area contributed by atoms with Gasteiger partial charge in [-0.3, -0.25) is 4.79 Å². The highest BCUT2D eigenvalue weighted by atomic mass is 79.9. The summed E-state index contributed by atoms with van der Waals surface area (Å²) < 4.78 is 0.988. The average Bonchev–Trinajstić information content (AvgIpc) is 2.55. The lowest BCUT2D eigenvalue weighted by atomic mass is 10.2. The lowest BCUT2D eigenvalue weighted by Gasteiger charge is -2.14. The van der Waals surface area contributed by atoms with Crippen molar-refractivity contribution in [2.75, 3.05) is 24.7 Å². The monoisotopic (exact) mass is 405 g/mol. The van der Waals surface area contributed by atoms with E-state index in [4.69, 9.17) is 0 Å². The number of rotatable bonds is 7. The Morgan fingerprint density at radius 3 is 2.67 bits per heavy atom. The van der Waals surface area contributed by atoms with Crippen molar-refractivity contribution in [3.8, 4) is 0 Å². The molecule has 0 aromatic heterocycles. The standard InChI is InChI=1S/C18H20BrN3OS/c1-22(2)17-9-8-14(12-16(17)19)13-20-21-18(23)10-11-24-15-6-4-3-5-7-15/h3-9,12-13H,10-11H2,1-2H3,(H,21,23)/b20-13+. The molecule has 0 aliphatic rings. The van der Waals surface area contributed by atoms with Gasteiger partial charge in [-0.05, 0) is 45.8 Å². The van der Waals surface area contributed by atoms with Gasteiger partial charge >= 0.3 is 0 Å². The topological polar surface area (TPSA) is 44.7 Å². The Morgan fingerprint density at radius 1 is 1.25 bits per heavy atom. The zero-order valence-corrected chi connectivity index (χ0v) is 16.1. The number of nitrogens with zero attached hydrogens (tertiary/aromatic N) is 2. The minimum Gasteiger partial charge on any atom is -0.377 e. The number of hydrogen-bond donors (Lipinski definition) is 1. The number of amides is 1. The molecule has 2 aromatic rings. The molecule has 0 fully saturated rings. The van der Waals surface area contributed by atoms with Crippen molar-refractivity contribution in [2.24, 2.45) is 5.10 Å². The lowest BCUT2D eigenvalue weighted by Crippen LogP contribution is -2.17. The molecule has 4 nitrogen and oxygen atoms in total. The van der Waals surface area contributed by atoms with Crippen LogP contribution in [-0.4, -0.2) is 32.0 Å². The Morgan fingerprint density at radius 2 is 2.00 bits per heavy atom. The summed E-state index contributed by atoms with van der Waals surface area (Å²) in [5, 5.41) is 4.01. The SMILES string of the molecule is CN(C)c1ccc(/C=N/NC(=O)CCSc2ccccc2)cc1Br. The molecule has 0 aliphatic heterocycles. The predicted molar refractivity (Wildman–Crippen MR) is 106 cm³/mol. The van der Waals surface area contributed by atoms with E-state index in [0.29, 0.717) is 6.42 Å². The van der Waals surface area contributed by atoms with Gasteiger partial charge in [0.1, 0.15) is 0 Å². The molecule has 1 N–H and O–H groups in total. The van der Waals surface area contributed by atoms with Gasteiger partial charge in [0.15, 0.2) is 0 Å². The number of hydrazone groups is 1. The molecule has 126 valence electrons. The number of carbonyl (C=O) groups excluding carboxylic acids is 1. The Labute approximate surface area is 155 Å². The Bertz CT molecular complexity index is 705. The number of hydrogen-bond acceptors (Lipinski definition) is 4. The predicted octanol–water partition coefficient (Wildman–Crippen LogP) is 4.15. The summed E-state index contributed by atoms with van der Waals surface area (Å²) in [6.07, 6.45) is 2.08. The quantitative estimate of drug-likeness (QED) is 0.427. The van der Waals surface area contributed by atoms with Crippen LogP contribution >= 0.6 is 27.7 Å². The summed E-state index contributed by atoms with van der Waals surface area (Å²) in [5.41, 5.74) is 4.58. The van der Waals surface area contributed by atoms with E-state index in [1.807, 2.05) is 67.5 Å². The third-order valence-electron chi connectivity index (χ3n) is 3.20. The smallest absolute Gasteiger partial charge is 0.240 e. The van der Waals surface area contributed by atoms with Gasteiger partial charge in [0.2, 0.25) is 5.91 Å². The highest BCUT2D eigenvalue weighted by molar-refractivity contribution is 9.10. The summed E-state index contributed by atoms with van der Waals surface area (Å²) in [5.74, 6) is 0.646. The molecular formula is C18H20BrN3OS. The van der Waals surface area contributed by atoms with Crippen LogP contribution in [0.5, 0.6) is 0 Å². The number of halogens is 1. The van der Waals surface area contributed by atoms with Crippen LogP contribution < -0.4 is 10.3 Å². The Kier molecular flexibility index (Phi) is 7.34. The highest BCUT2D eigenvalue weighted by Gasteiger charge is 2.03.